The van der Waals surface area contributed by atoms with Crippen LogP contribution in [0.3, 0.4) is 0 Å². The molecule has 0 heterocycles. The average Bonchev–Trinajstić information content (AvgIpc) is 2.35. The minimum absolute atomic E-state index is 0.155. The lowest BCUT2D eigenvalue weighted by molar-refractivity contribution is -0.123. The van der Waals surface area contributed by atoms with Crippen molar-refractivity contribution in [2.45, 2.75) is 38.5 Å². The van der Waals surface area contributed by atoms with Crippen molar-refractivity contribution < 1.29 is 9.18 Å². The first kappa shape index (κ1) is 12.7. The summed E-state index contributed by atoms with van der Waals surface area (Å²) < 4.78 is 14.3. The molecule has 92 valence electrons. The van der Waals surface area contributed by atoms with Gasteiger partial charge in [-0.1, -0.05) is 35.2 Å². The van der Waals surface area contributed by atoms with Gasteiger partial charge in [-0.25, -0.2) is 4.39 Å². The number of rotatable bonds is 3. The molecule has 1 nitrogen and oxygen atoms in total. The summed E-state index contributed by atoms with van der Waals surface area (Å²) in [6, 6.07) is 4.77. The van der Waals surface area contributed by atoms with Crippen LogP contribution in [0.2, 0.25) is 0 Å². The number of hydrogen-bond acceptors (Lipinski definition) is 1. The Bertz CT molecular complexity index is 411. The van der Waals surface area contributed by atoms with Crippen LogP contribution in [0.4, 0.5) is 4.39 Å². The van der Waals surface area contributed by atoms with Crippen LogP contribution < -0.4 is 0 Å². The Balaban J connectivity index is 2.04. The summed E-state index contributed by atoms with van der Waals surface area (Å²) in [6.07, 6.45) is 5.70. The highest BCUT2D eigenvalue weighted by Gasteiger charge is 2.21. The summed E-state index contributed by atoms with van der Waals surface area (Å²) in [5.41, 5.74) is 0.509. The van der Waals surface area contributed by atoms with E-state index >= 15 is 0 Å². The molecule has 0 saturated heterocycles. The van der Waals surface area contributed by atoms with Gasteiger partial charge >= 0.3 is 0 Å². The summed E-state index contributed by atoms with van der Waals surface area (Å²) in [5, 5.41) is 0. The normalized spacial score (nSPS) is 17.1. The van der Waals surface area contributed by atoms with E-state index < -0.39 is 0 Å². The van der Waals surface area contributed by atoms with Gasteiger partial charge in [-0.3, -0.25) is 4.79 Å². The van der Waals surface area contributed by atoms with E-state index in [9.17, 15) is 9.18 Å². The zero-order valence-electron chi connectivity index (χ0n) is 9.72. The van der Waals surface area contributed by atoms with Crippen molar-refractivity contribution in [1.29, 1.82) is 0 Å². The number of benzene rings is 1. The van der Waals surface area contributed by atoms with Crippen molar-refractivity contribution in [3.05, 3.63) is 34.1 Å². The Morgan fingerprint density at radius 3 is 2.71 bits per heavy atom. The smallest absolute Gasteiger partial charge is 0.140 e. The van der Waals surface area contributed by atoms with Gasteiger partial charge in [0.1, 0.15) is 11.6 Å². The average molecular weight is 299 g/mol. The molecule has 1 aliphatic rings. The van der Waals surface area contributed by atoms with Crippen molar-refractivity contribution in [1.82, 2.24) is 0 Å². The summed E-state index contributed by atoms with van der Waals surface area (Å²) in [5.74, 6) is 0.0705. The molecule has 0 unspecified atom stereocenters. The SMILES string of the molecule is O=C(Cc1cc(Br)ccc1F)C1CCCCC1. The first-order valence-electron chi connectivity index (χ1n) is 6.13. The first-order valence-corrected chi connectivity index (χ1v) is 6.93. The second-order valence-electron chi connectivity index (χ2n) is 4.71. The predicted octanol–water partition coefficient (Wildman–Crippen LogP) is 4.28. The van der Waals surface area contributed by atoms with Crippen LogP contribution >= 0.6 is 15.9 Å². The quantitative estimate of drug-likeness (QED) is 0.814. The Labute approximate surface area is 110 Å². The molecule has 1 aromatic rings. The highest BCUT2D eigenvalue weighted by atomic mass is 79.9. The molecule has 0 aromatic heterocycles. The number of halogens is 2. The summed E-state index contributed by atoms with van der Waals surface area (Å²) >= 11 is 3.30. The van der Waals surface area contributed by atoms with Gasteiger partial charge in [0.05, 0.1) is 0 Å². The fraction of sp³-hybridized carbons (Fsp3) is 0.500. The molecule has 1 aromatic carbocycles. The molecule has 2 rings (SSSR count). The van der Waals surface area contributed by atoms with E-state index in [-0.39, 0.29) is 23.9 Å². The molecule has 0 amide bonds. The maximum atomic E-state index is 13.5. The van der Waals surface area contributed by atoms with Crippen LogP contribution in [0, 0.1) is 11.7 Å². The first-order chi connectivity index (χ1) is 8.16. The number of hydrogen-bond donors (Lipinski definition) is 0. The fourth-order valence-corrected chi connectivity index (χ4v) is 2.84. The van der Waals surface area contributed by atoms with Gasteiger partial charge in [0.2, 0.25) is 0 Å². The molecular weight excluding hydrogens is 283 g/mol. The van der Waals surface area contributed by atoms with E-state index in [2.05, 4.69) is 15.9 Å². The van der Waals surface area contributed by atoms with Crippen molar-refractivity contribution >= 4 is 21.7 Å². The van der Waals surface area contributed by atoms with Gasteiger partial charge in [0.15, 0.2) is 0 Å². The minimum atomic E-state index is -0.280. The van der Waals surface area contributed by atoms with Crippen molar-refractivity contribution in [3.8, 4) is 0 Å². The molecule has 0 N–H and O–H groups in total. The molecule has 1 aliphatic carbocycles. The Morgan fingerprint density at radius 2 is 2.00 bits per heavy atom. The van der Waals surface area contributed by atoms with Gasteiger partial charge in [0, 0.05) is 16.8 Å². The fourth-order valence-electron chi connectivity index (χ4n) is 2.44. The van der Waals surface area contributed by atoms with Gasteiger partial charge in [-0.05, 0) is 36.6 Å². The molecule has 0 radical (unpaired) electrons. The monoisotopic (exact) mass is 298 g/mol. The lowest BCUT2D eigenvalue weighted by Crippen LogP contribution is -2.20. The van der Waals surface area contributed by atoms with Gasteiger partial charge in [-0.15, -0.1) is 0 Å². The molecule has 0 spiro atoms. The van der Waals surface area contributed by atoms with Crippen LogP contribution in [0.15, 0.2) is 22.7 Å². The Hall–Kier alpha value is -0.700. The molecule has 0 atom stereocenters. The number of carbonyl (C=O) groups is 1. The zero-order valence-corrected chi connectivity index (χ0v) is 11.3. The van der Waals surface area contributed by atoms with Crippen molar-refractivity contribution in [3.63, 3.8) is 0 Å². The van der Waals surface area contributed by atoms with Crippen molar-refractivity contribution in [2.75, 3.05) is 0 Å². The van der Waals surface area contributed by atoms with E-state index in [1.54, 1.807) is 12.1 Å². The lowest BCUT2D eigenvalue weighted by atomic mass is 9.84. The van der Waals surface area contributed by atoms with E-state index in [1.807, 2.05) is 0 Å². The van der Waals surface area contributed by atoms with E-state index in [0.29, 0.717) is 5.56 Å². The van der Waals surface area contributed by atoms with E-state index in [1.165, 1.54) is 12.5 Å². The molecule has 1 saturated carbocycles. The second kappa shape index (κ2) is 5.76. The maximum absolute atomic E-state index is 13.5. The lowest BCUT2D eigenvalue weighted by Gasteiger charge is -2.20. The number of Topliss-reactive ketones (excluding diaryl/α,β-unsaturated/α-hetero) is 1. The molecule has 0 bridgehead atoms. The second-order valence-corrected chi connectivity index (χ2v) is 5.63. The van der Waals surface area contributed by atoms with Crippen LogP contribution in [0.25, 0.3) is 0 Å². The summed E-state index contributed by atoms with van der Waals surface area (Å²) in [7, 11) is 0. The third-order valence-electron chi connectivity index (χ3n) is 3.43. The number of carbonyl (C=O) groups excluding carboxylic acids is 1. The van der Waals surface area contributed by atoms with Gasteiger partial charge < -0.3 is 0 Å². The highest BCUT2D eigenvalue weighted by Crippen LogP contribution is 2.26. The Morgan fingerprint density at radius 1 is 1.29 bits per heavy atom. The minimum Gasteiger partial charge on any atom is -0.299 e. The van der Waals surface area contributed by atoms with Crippen LogP contribution in [0.1, 0.15) is 37.7 Å². The van der Waals surface area contributed by atoms with Crippen LogP contribution in [0.5, 0.6) is 0 Å². The van der Waals surface area contributed by atoms with Gasteiger partial charge in [-0.2, -0.15) is 0 Å². The van der Waals surface area contributed by atoms with E-state index in [0.717, 1.165) is 30.2 Å². The zero-order chi connectivity index (χ0) is 12.3. The third kappa shape index (κ3) is 3.38. The molecule has 1 fully saturated rings. The van der Waals surface area contributed by atoms with Crippen LogP contribution in [-0.2, 0) is 11.2 Å². The molecular formula is C14H16BrFO. The van der Waals surface area contributed by atoms with Crippen LogP contribution in [-0.4, -0.2) is 5.78 Å². The predicted molar refractivity (Wildman–Crippen MR) is 69.4 cm³/mol. The summed E-state index contributed by atoms with van der Waals surface area (Å²) in [4.78, 5) is 12.0. The van der Waals surface area contributed by atoms with Crippen molar-refractivity contribution in [2.24, 2.45) is 5.92 Å². The largest absolute Gasteiger partial charge is 0.299 e. The highest BCUT2D eigenvalue weighted by molar-refractivity contribution is 9.10. The number of ketones is 1. The molecule has 17 heavy (non-hydrogen) atoms. The molecule has 0 aliphatic heterocycles. The van der Waals surface area contributed by atoms with Gasteiger partial charge in [0.25, 0.3) is 0 Å². The van der Waals surface area contributed by atoms with E-state index in [4.69, 9.17) is 0 Å². The third-order valence-corrected chi connectivity index (χ3v) is 3.93. The topological polar surface area (TPSA) is 17.1 Å². The molecule has 3 heteroatoms. The standard InChI is InChI=1S/C14H16BrFO/c15-12-6-7-13(16)11(8-12)9-14(17)10-4-2-1-3-5-10/h6-8,10H,1-5,9H2. The summed E-state index contributed by atoms with van der Waals surface area (Å²) in [6.45, 7) is 0. The maximum Gasteiger partial charge on any atom is 0.140 e. The Kier molecular flexibility index (Phi) is 4.32.